The molecule has 0 amide bonds. The molecule has 290 valence electrons. The normalized spacial score (nSPS) is 19.5. The molecule has 0 fully saturated rings. The number of hydrogen-bond donors (Lipinski definition) is 0. The predicted molar refractivity (Wildman–Crippen MR) is 231 cm³/mol. The van der Waals surface area contributed by atoms with Gasteiger partial charge >= 0.3 is 0 Å². The lowest BCUT2D eigenvalue weighted by atomic mass is 9.67. The van der Waals surface area contributed by atoms with Crippen LogP contribution < -0.4 is 0 Å². The number of carbonyl (C=O) groups excluding carboxylic acids is 2. The molecule has 1 aromatic rings. The molecule has 0 saturated heterocycles. The van der Waals surface area contributed by atoms with Gasteiger partial charge in [0.25, 0.3) is 0 Å². The molecule has 3 rings (SSSR count). The van der Waals surface area contributed by atoms with Crippen LogP contribution in [0.1, 0.15) is 193 Å². The number of benzene rings is 1. The first kappa shape index (κ1) is 44.1. The summed E-state index contributed by atoms with van der Waals surface area (Å²) in [5.74, 6) is 1.43. The van der Waals surface area contributed by atoms with E-state index in [2.05, 4.69) is 98.8 Å². The summed E-state index contributed by atoms with van der Waals surface area (Å²) >= 11 is 0. The SMILES string of the molecule is CC(=CCCC(C)=CCCC(C)CCCC(C)=CCC1=C(C)C(=O)c2ccccc2C1=O)CCC=C(C)CCC=C(C)CCC1C(C)=CCCC1(C)C. The molecule has 2 aliphatic rings. The standard InChI is InChI=1S/C51H74O2/c1-37(19-13-20-38(2)22-15-24-40(4)26-17-28-42(6)33-35-48-43(7)29-18-36-51(48,9)10)21-14-23-39(3)25-16-27-41(5)32-34-45-44(8)49(52)46-30-11-12-31-47(46)50(45)53/h11-12,20-21,24,28-32,39,48H,13-19,22-23,25-27,33-36H2,1-10H3. The van der Waals surface area contributed by atoms with Crippen LogP contribution in [0.5, 0.6) is 0 Å². The summed E-state index contributed by atoms with van der Waals surface area (Å²) in [5.41, 5.74) is 11.8. The number of fused-ring (bicyclic) bond motifs is 1. The minimum atomic E-state index is -0.0124. The number of ketones is 2. The maximum atomic E-state index is 13.0. The first-order valence-corrected chi connectivity index (χ1v) is 21.0. The fourth-order valence-corrected chi connectivity index (χ4v) is 8.31. The smallest absolute Gasteiger partial charge is 0.190 e. The van der Waals surface area contributed by atoms with E-state index in [1.807, 2.05) is 12.1 Å². The van der Waals surface area contributed by atoms with Crippen molar-refractivity contribution in [1.82, 2.24) is 0 Å². The van der Waals surface area contributed by atoms with Crippen molar-refractivity contribution in [2.75, 3.05) is 0 Å². The summed E-state index contributed by atoms with van der Waals surface area (Å²) in [6, 6.07) is 7.19. The average molecular weight is 719 g/mol. The molecule has 0 bridgehead atoms. The van der Waals surface area contributed by atoms with Gasteiger partial charge in [-0.25, -0.2) is 0 Å². The summed E-state index contributed by atoms with van der Waals surface area (Å²) in [5, 5.41) is 0. The van der Waals surface area contributed by atoms with Crippen molar-refractivity contribution in [2.45, 2.75) is 172 Å². The minimum Gasteiger partial charge on any atom is -0.289 e. The molecule has 0 N–H and O–H groups in total. The molecular formula is C51H74O2. The Balaban J connectivity index is 1.26. The highest BCUT2D eigenvalue weighted by Crippen LogP contribution is 2.43. The highest BCUT2D eigenvalue weighted by atomic mass is 16.1. The average Bonchev–Trinajstić information content (AvgIpc) is 3.10. The summed E-state index contributed by atoms with van der Waals surface area (Å²) in [6.45, 7) is 22.8. The maximum Gasteiger partial charge on any atom is 0.190 e. The molecule has 2 unspecified atom stereocenters. The Bertz CT molecular complexity index is 1610. The van der Waals surface area contributed by atoms with Crippen molar-refractivity contribution in [3.05, 3.63) is 116 Å². The number of rotatable bonds is 21. The zero-order valence-corrected chi connectivity index (χ0v) is 35.6. The molecule has 2 atom stereocenters. The molecule has 0 radical (unpaired) electrons. The summed E-state index contributed by atoms with van der Waals surface area (Å²) in [7, 11) is 0. The molecule has 1 aromatic carbocycles. The fourth-order valence-electron chi connectivity index (χ4n) is 8.31. The van der Waals surface area contributed by atoms with Crippen LogP contribution in [-0.2, 0) is 0 Å². The highest BCUT2D eigenvalue weighted by Gasteiger charge is 2.32. The Morgan fingerprint density at radius 3 is 1.77 bits per heavy atom. The third kappa shape index (κ3) is 14.8. The van der Waals surface area contributed by atoms with Gasteiger partial charge in [0, 0.05) is 22.3 Å². The van der Waals surface area contributed by atoms with Gasteiger partial charge in [-0.1, -0.05) is 121 Å². The van der Waals surface area contributed by atoms with Crippen molar-refractivity contribution in [1.29, 1.82) is 0 Å². The largest absolute Gasteiger partial charge is 0.289 e. The third-order valence-electron chi connectivity index (χ3n) is 12.2. The van der Waals surface area contributed by atoms with Gasteiger partial charge < -0.3 is 0 Å². The summed E-state index contributed by atoms with van der Waals surface area (Å²) in [4.78, 5) is 25.8. The second-order valence-corrected chi connectivity index (χ2v) is 17.5. The molecule has 0 saturated carbocycles. The lowest BCUT2D eigenvalue weighted by molar-refractivity contribution is 0.0973. The van der Waals surface area contributed by atoms with E-state index in [9.17, 15) is 9.59 Å². The van der Waals surface area contributed by atoms with E-state index in [0.717, 1.165) is 57.3 Å². The maximum absolute atomic E-state index is 13.0. The van der Waals surface area contributed by atoms with Crippen molar-refractivity contribution in [3.63, 3.8) is 0 Å². The van der Waals surface area contributed by atoms with E-state index in [4.69, 9.17) is 0 Å². The molecule has 0 spiro atoms. The van der Waals surface area contributed by atoms with Gasteiger partial charge in [-0.2, -0.15) is 0 Å². The lowest BCUT2D eigenvalue weighted by Gasteiger charge is -2.38. The monoisotopic (exact) mass is 719 g/mol. The van der Waals surface area contributed by atoms with Crippen molar-refractivity contribution in [3.8, 4) is 0 Å². The second kappa shape index (κ2) is 22.2. The van der Waals surface area contributed by atoms with E-state index in [0.29, 0.717) is 40.0 Å². The molecule has 2 nitrogen and oxygen atoms in total. The third-order valence-corrected chi connectivity index (χ3v) is 12.2. The molecular weight excluding hydrogens is 645 g/mol. The zero-order chi connectivity index (χ0) is 39.0. The quantitative estimate of drug-likeness (QED) is 0.119. The van der Waals surface area contributed by atoms with Gasteiger partial charge in [0.05, 0.1) is 0 Å². The Labute approximate surface area is 325 Å². The Kier molecular flexibility index (Phi) is 18.5. The van der Waals surface area contributed by atoms with E-state index >= 15 is 0 Å². The number of carbonyl (C=O) groups is 2. The number of allylic oxidation sites excluding steroid dienone is 14. The van der Waals surface area contributed by atoms with E-state index in [1.54, 1.807) is 30.2 Å². The number of Topliss-reactive ketones (excluding diaryl/α,β-unsaturated/α-hetero) is 2. The second-order valence-electron chi connectivity index (χ2n) is 17.5. The van der Waals surface area contributed by atoms with Gasteiger partial charge in [-0.05, 0) is 162 Å². The zero-order valence-electron chi connectivity index (χ0n) is 35.6. The Morgan fingerprint density at radius 1 is 0.698 bits per heavy atom. The molecule has 0 aromatic heterocycles. The molecule has 2 heteroatoms. The van der Waals surface area contributed by atoms with Crippen molar-refractivity contribution < 1.29 is 9.59 Å². The molecule has 0 aliphatic heterocycles. The Hall–Kier alpha value is -3.26. The van der Waals surface area contributed by atoms with Crippen LogP contribution in [0.3, 0.4) is 0 Å². The van der Waals surface area contributed by atoms with E-state index in [-0.39, 0.29) is 11.6 Å². The van der Waals surface area contributed by atoms with E-state index < -0.39 is 0 Å². The van der Waals surface area contributed by atoms with Crippen LogP contribution in [0.4, 0.5) is 0 Å². The van der Waals surface area contributed by atoms with Crippen LogP contribution in [0, 0.1) is 17.3 Å². The van der Waals surface area contributed by atoms with Crippen LogP contribution >= 0.6 is 0 Å². The molecule has 53 heavy (non-hydrogen) atoms. The van der Waals surface area contributed by atoms with Gasteiger partial charge in [0.2, 0.25) is 0 Å². The molecule has 2 aliphatic carbocycles. The van der Waals surface area contributed by atoms with Crippen molar-refractivity contribution >= 4 is 11.6 Å². The highest BCUT2D eigenvalue weighted by molar-refractivity contribution is 6.26. The first-order chi connectivity index (χ1) is 25.2. The van der Waals surface area contributed by atoms with Gasteiger partial charge in [-0.15, -0.1) is 0 Å². The molecule has 0 heterocycles. The van der Waals surface area contributed by atoms with Crippen molar-refractivity contribution in [2.24, 2.45) is 17.3 Å². The number of hydrogen-bond acceptors (Lipinski definition) is 2. The Morgan fingerprint density at radius 2 is 1.21 bits per heavy atom. The summed E-state index contributed by atoms with van der Waals surface area (Å²) < 4.78 is 0. The van der Waals surface area contributed by atoms with Crippen LogP contribution in [0.25, 0.3) is 0 Å². The fraction of sp³-hybridized carbons (Fsp3) is 0.569. The van der Waals surface area contributed by atoms with Gasteiger partial charge in [-0.3, -0.25) is 9.59 Å². The summed E-state index contributed by atoms with van der Waals surface area (Å²) in [6.07, 6.45) is 32.9. The van der Waals surface area contributed by atoms with Gasteiger partial charge in [0.1, 0.15) is 0 Å². The minimum absolute atomic E-state index is 0.00458. The van der Waals surface area contributed by atoms with Crippen LogP contribution in [-0.4, -0.2) is 11.6 Å². The predicted octanol–water partition coefficient (Wildman–Crippen LogP) is 15.6. The van der Waals surface area contributed by atoms with Crippen LogP contribution in [0.2, 0.25) is 0 Å². The lowest BCUT2D eigenvalue weighted by Crippen LogP contribution is -2.27. The van der Waals surface area contributed by atoms with E-state index in [1.165, 1.54) is 67.2 Å². The van der Waals surface area contributed by atoms with Crippen LogP contribution in [0.15, 0.2) is 105 Å². The first-order valence-electron chi connectivity index (χ1n) is 21.0. The topological polar surface area (TPSA) is 34.1 Å². The van der Waals surface area contributed by atoms with Gasteiger partial charge in [0.15, 0.2) is 11.6 Å².